The Bertz CT molecular complexity index is 1150. The molecule has 3 aromatic carbocycles. The van der Waals surface area contributed by atoms with Gasteiger partial charge in [-0.1, -0.05) is 49.4 Å². The molecule has 2 aliphatic rings. The van der Waals surface area contributed by atoms with Gasteiger partial charge in [0.1, 0.15) is 5.75 Å². The summed E-state index contributed by atoms with van der Waals surface area (Å²) >= 11 is 0. The average molecular weight is 416 g/mol. The molecular weight excluding hydrogens is 392 g/mol. The molecular formula is C26H24O5. The van der Waals surface area contributed by atoms with Crippen molar-refractivity contribution in [1.82, 2.24) is 0 Å². The van der Waals surface area contributed by atoms with E-state index in [0.717, 1.165) is 28.0 Å². The third-order valence-electron chi connectivity index (χ3n) is 6.81. The topological polar surface area (TPSA) is 65.0 Å². The van der Waals surface area contributed by atoms with Crippen LogP contribution in [0.2, 0.25) is 0 Å². The smallest absolute Gasteiger partial charge is 0.308 e. The molecule has 0 bridgehead atoms. The van der Waals surface area contributed by atoms with Crippen LogP contribution in [0.4, 0.5) is 0 Å². The van der Waals surface area contributed by atoms with Crippen molar-refractivity contribution in [3.05, 3.63) is 89.0 Å². The van der Waals surface area contributed by atoms with Gasteiger partial charge in [0.05, 0.1) is 13.0 Å². The number of carboxylic acid groups (broad SMARTS) is 1. The molecule has 1 N–H and O–H groups in total. The Labute approximate surface area is 181 Å². The molecule has 0 aromatic heterocycles. The minimum absolute atomic E-state index is 0.186. The predicted octanol–water partition coefficient (Wildman–Crippen LogP) is 4.97. The Kier molecular flexibility index (Phi) is 4.62. The van der Waals surface area contributed by atoms with Crippen LogP contribution in [0.25, 0.3) is 0 Å². The number of hydrogen-bond acceptors (Lipinski definition) is 4. The first-order valence-corrected chi connectivity index (χ1v) is 10.5. The minimum atomic E-state index is -0.816. The van der Waals surface area contributed by atoms with E-state index in [-0.39, 0.29) is 12.7 Å². The lowest BCUT2D eigenvalue weighted by molar-refractivity contribution is -0.144. The molecule has 0 spiro atoms. The van der Waals surface area contributed by atoms with Crippen LogP contribution in [0.1, 0.15) is 41.5 Å². The lowest BCUT2D eigenvalue weighted by atomic mass is 9.65. The maximum Gasteiger partial charge on any atom is 0.308 e. The number of carboxylic acids is 1. The fourth-order valence-electron chi connectivity index (χ4n) is 5.49. The summed E-state index contributed by atoms with van der Waals surface area (Å²) in [5, 5.41) is 10.6. The highest BCUT2D eigenvalue weighted by Gasteiger charge is 2.56. The largest absolute Gasteiger partial charge is 0.497 e. The van der Waals surface area contributed by atoms with Gasteiger partial charge in [-0.2, -0.15) is 0 Å². The second kappa shape index (κ2) is 7.34. The van der Waals surface area contributed by atoms with Crippen LogP contribution >= 0.6 is 0 Å². The minimum Gasteiger partial charge on any atom is -0.497 e. The number of ether oxygens (including phenoxy) is 3. The molecule has 158 valence electrons. The summed E-state index contributed by atoms with van der Waals surface area (Å²) < 4.78 is 16.5. The van der Waals surface area contributed by atoms with Crippen LogP contribution in [-0.2, 0) is 10.2 Å². The molecule has 0 fully saturated rings. The number of benzene rings is 3. The zero-order valence-electron chi connectivity index (χ0n) is 17.5. The zero-order valence-corrected chi connectivity index (χ0v) is 17.5. The third kappa shape index (κ3) is 2.80. The normalized spacial score (nSPS) is 23.4. The fourth-order valence-corrected chi connectivity index (χ4v) is 5.49. The molecule has 1 aliphatic carbocycles. The molecule has 1 heterocycles. The van der Waals surface area contributed by atoms with Crippen molar-refractivity contribution in [1.29, 1.82) is 0 Å². The summed E-state index contributed by atoms with van der Waals surface area (Å²) in [5.74, 6) is 0.268. The summed E-state index contributed by atoms with van der Waals surface area (Å²) in [6.45, 7) is 2.25. The van der Waals surface area contributed by atoms with Crippen molar-refractivity contribution in [3.8, 4) is 17.2 Å². The molecule has 3 unspecified atom stereocenters. The van der Waals surface area contributed by atoms with Gasteiger partial charge < -0.3 is 19.3 Å². The van der Waals surface area contributed by atoms with E-state index >= 15 is 0 Å². The van der Waals surface area contributed by atoms with Crippen molar-refractivity contribution in [2.45, 2.75) is 24.7 Å². The van der Waals surface area contributed by atoms with Crippen molar-refractivity contribution in [2.75, 3.05) is 13.9 Å². The first-order chi connectivity index (χ1) is 15.1. The van der Waals surface area contributed by atoms with E-state index in [1.807, 2.05) is 54.6 Å². The molecule has 5 nitrogen and oxygen atoms in total. The van der Waals surface area contributed by atoms with Crippen LogP contribution in [0, 0.1) is 5.92 Å². The second-order valence-corrected chi connectivity index (χ2v) is 8.05. The number of methoxy groups -OCH3 is 1. The molecule has 5 heteroatoms. The quantitative estimate of drug-likeness (QED) is 0.636. The Morgan fingerprint density at radius 1 is 1.06 bits per heavy atom. The molecule has 0 saturated carbocycles. The van der Waals surface area contributed by atoms with E-state index in [9.17, 15) is 9.90 Å². The molecule has 3 aromatic rings. The van der Waals surface area contributed by atoms with E-state index in [0.29, 0.717) is 17.9 Å². The molecule has 0 saturated heterocycles. The number of rotatable bonds is 5. The summed E-state index contributed by atoms with van der Waals surface area (Å²) in [4.78, 5) is 12.9. The van der Waals surface area contributed by atoms with Gasteiger partial charge in [-0.25, -0.2) is 0 Å². The maximum atomic E-state index is 12.9. The second-order valence-electron chi connectivity index (χ2n) is 8.05. The highest BCUT2D eigenvalue weighted by atomic mass is 16.7. The van der Waals surface area contributed by atoms with Gasteiger partial charge in [-0.05, 0) is 52.9 Å². The summed E-state index contributed by atoms with van der Waals surface area (Å²) in [6, 6.07) is 21.7. The van der Waals surface area contributed by atoms with E-state index in [4.69, 9.17) is 14.2 Å². The van der Waals surface area contributed by atoms with Gasteiger partial charge in [0.15, 0.2) is 11.5 Å². The number of aliphatic carboxylic acids is 1. The molecule has 31 heavy (non-hydrogen) atoms. The number of carbonyl (C=O) groups is 1. The van der Waals surface area contributed by atoms with Crippen molar-refractivity contribution < 1.29 is 24.1 Å². The SMILES string of the molecule is CCC1(c2cccc(OC)c2)c2ccccc2C(c2ccc3c(c2)OCO3)C1C(=O)O. The van der Waals surface area contributed by atoms with Crippen LogP contribution in [0.3, 0.4) is 0 Å². The van der Waals surface area contributed by atoms with Crippen molar-refractivity contribution in [3.63, 3.8) is 0 Å². The first-order valence-electron chi connectivity index (χ1n) is 10.5. The maximum absolute atomic E-state index is 12.9. The van der Waals surface area contributed by atoms with Crippen LogP contribution in [-0.4, -0.2) is 25.0 Å². The Hall–Kier alpha value is -3.47. The van der Waals surface area contributed by atoms with Gasteiger partial charge in [0, 0.05) is 11.3 Å². The van der Waals surface area contributed by atoms with E-state index in [1.165, 1.54) is 0 Å². The fraction of sp³-hybridized carbons (Fsp3) is 0.269. The van der Waals surface area contributed by atoms with E-state index in [1.54, 1.807) is 7.11 Å². The lowest BCUT2D eigenvalue weighted by Gasteiger charge is -2.36. The van der Waals surface area contributed by atoms with Crippen molar-refractivity contribution >= 4 is 5.97 Å². The zero-order chi connectivity index (χ0) is 21.6. The molecule has 0 amide bonds. The first kappa shape index (κ1) is 19.5. The Morgan fingerprint density at radius 2 is 1.87 bits per heavy atom. The monoisotopic (exact) mass is 416 g/mol. The molecule has 3 atom stereocenters. The van der Waals surface area contributed by atoms with Gasteiger partial charge in [0.2, 0.25) is 6.79 Å². The van der Waals surface area contributed by atoms with Crippen LogP contribution < -0.4 is 14.2 Å². The Morgan fingerprint density at radius 3 is 2.65 bits per heavy atom. The number of fused-ring (bicyclic) bond motifs is 2. The van der Waals surface area contributed by atoms with Gasteiger partial charge >= 0.3 is 5.97 Å². The highest BCUT2D eigenvalue weighted by Crippen LogP contribution is 2.58. The van der Waals surface area contributed by atoms with Gasteiger partial charge in [0.25, 0.3) is 0 Å². The third-order valence-corrected chi connectivity index (χ3v) is 6.81. The standard InChI is InChI=1S/C26H24O5/c1-3-26(17-7-6-8-18(14-17)29-2)20-10-5-4-9-19(20)23(24(26)25(27)28)16-11-12-21-22(13-16)31-15-30-21/h4-14,23-24H,3,15H2,1-2H3,(H,27,28). The lowest BCUT2D eigenvalue weighted by Crippen LogP contribution is -2.39. The molecule has 0 radical (unpaired) electrons. The number of hydrogen-bond donors (Lipinski definition) is 1. The van der Waals surface area contributed by atoms with E-state index < -0.39 is 17.3 Å². The summed E-state index contributed by atoms with van der Waals surface area (Å²) in [7, 11) is 1.63. The molecule has 5 rings (SSSR count). The van der Waals surface area contributed by atoms with Crippen LogP contribution in [0.5, 0.6) is 17.2 Å². The predicted molar refractivity (Wildman–Crippen MR) is 116 cm³/mol. The van der Waals surface area contributed by atoms with Gasteiger partial charge in [-0.15, -0.1) is 0 Å². The molecule has 1 aliphatic heterocycles. The highest BCUT2D eigenvalue weighted by molar-refractivity contribution is 5.80. The summed E-state index contributed by atoms with van der Waals surface area (Å²) in [6.07, 6.45) is 0.648. The van der Waals surface area contributed by atoms with Gasteiger partial charge in [-0.3, -0.25) is 4.79 Å². The van der Waals surface area contributed by atoms with Crippen LogP contribution in [0.15, 0.2) is 66.7 Å². The summed E-state index contributed by atoms with van der Waals surface area (Å²) in [5.41, 5.74) is 3.29. The van der Waals surface area contributed by atoms with Crippen molar-refractivity contribution in [2.24, 2.45) is 5.92 Å². The van der Waals surface area contributed by atoms with E-state index in [2.05, 4.69) is 19.1 Å². The Balaban J connectivity index is 1.77. The average Bonchev–Trinajstić information content (AvgIpc) is 3.39.